The normalized spacial score (nSPS) is 14.8. The van der Waals surface area contributed by atoms with Gasteiger partial charge in [-0.2, -0.15) is 0 Å². The molecule has 0 spiro atoms. The minimum absolute atomic E-state index is 0.0566. The lowest BCUT2D eigenvalue weighted by atomic mass is 10.1. The van der Waals surface area contributed by atoms with Gasteiger partial charge in [-0.3, -0.25) is 0 Å². The summed E-state index contributed by atoms with van der Waals surface area (Å²) in [6.45, 7) is 1.97. The summed E-state index contributed by atoms with van der Waals surface area (Å²) in [6.07, 6.45) is 0. The number of hydrogen-bond acceptors (Lipinski definition) is 3. The smallest absolute Gasteiger partial charge is 0.366 e. The van der Waals surface area contributed by atoms with Crippen molar-refractivity contribution < 1.29 is 9.53 Å². The van der Waals surface area contributed by atoms with Crippen LogP contribution in [0.2, 0.25) is 0 Å². The highest BCUT2D eigenvalue weighted by atomic mass is 35.5. The van der Waals surface area contributed by atoms with Gasteiger partial charge in [0.05, 0.1) is 0 Å². The summed E-state index contributed by atoms with van der Waals surface area (Å²) in [7, 11) is 0. The number of carbonyl (C=O) groups excluding carboxylic acids is 1. The van der Waals surface area contributed by atoms with Crippen molar-refractivity contribution in [2.24, 2.45) is 4.99 Å². The molecule has 1 heterocycles. The first-order chi connectivity index (χ1) is 7.58. The lowest BCUT2D eigenvalue weighted by Gasteiger charge is -1.99. The van der Waals surface area contributed by atoms with Gasteiger partial charge in [0.2, 0.25) is 5.90 Å². The molecule has 0 amide bonds. The van der Waals surface area contributed by atoms with E-state index in [4.69, 9.17) is 27.9 Å². The summed E-state index contributed by atoms with van der Waals surface area (Å²) < 4.78 is 4.76. The van der Waals surface area contributed by atoms with Crippen LogP contribution in [-0.2, 0) is 9.53 Å². The van der Waals surface area contributed by atoms with E-state index in [0.29, 0.717) is 5.56 Å². The molecule has 0 fully saturated rings. The van der Waals surface area contributed by atoms with Gasteiger partial charge in [-0.15, -0.1) is 0 Å². The van der Waals surface area contributed by atoms with E-state index in [1.807, 2.05) is 31.2 Å². The monoisotopic (exact) mass is 255 g/mol. The molecule has 0 aliphatic carbocycles. The van der Waals surface area contributed by atoms with Crippen molar-refractivity contribution in [2.75, 3.05) is 0 Å². The van der Waals surface area contributed by atoms with Gasteiger partial charge in [0, 0.05) is 5.56 Å². The highest BCUT2D eigenvalue weighted by molar-refractivity contribution is 6.57. The maximum atomic E-state index is 11.3. The van der Waals surface area contributed by atoms with Crippen molar-refractivity contribution >= 4 is 35.1 Å². The van der Waals surface area contributed by atoms with Crippen molar-refractivity contribution in [3.8, 4) is 0 Å². The van der Waals surface area contributed by atoms with E-state index in [1.165, 1.54) is 0 Å². The molecule has 16 heavy (non-hydrogen) atoms. The van der Waals surface area contributed by atoms with Crippen molar-refractivity contribution in [2.45, 2.75) is 6.92 Å². The molecule has 0 unspecified atom stereocenters. The molecule has 0 saturated heterocycles. The van der Waals surface area contributed by atoms with Crippen molar-refractivity contribution in [3.63, 3.8) is 0 Å². The SMILES string of the molecule is Cc1ccc(C2=NC(=C(Cl)Cl)C(=O)O2)cc1. The van der Waals surface area contributed by atoms with Gasteiger partial charge in [-0.05, 0) is 19.1 Å². The topological polar surface area (TPSA) is 38.7 Å². The van der Waals surface area contributed by atoms with E-state index in [9.17, 15) is 4.79 Å². The van der Waals surface area contributed by atoms with Gasteiger partial charge in [0.15, 0.2) is 5.70 Å². The van der Waals surface area contributed by atoms with Crippen molar-refractivity contribution in [3.05, 3.63) is 45.6 Å². The van der Waals surface area contributed by atoms with E-state index in [1.54, 1.807) is 0 Å². The number of ether oxygens (including phenoxy) is 1. The van der Waals surface area contributed by atoms with Gasteiger partial charge in [-0.25, -0.2) is 9.79 Å². The second-order valence-corrected chi connectivity index (χ2v) is 4.23. The number of hydrogen-bond donors (Lipinski definition) is 0. The Labute approximate surface area is 102 Å². The highest BCUT2D eigenvalue weighted by Gasteiger charge is 2.26. The van der Waals surface area contributed by atoms with Crippen LogP contribution in [0.5, 0.6) is 0 Å². The summed E-state index contributed by atoms with van der Waals surface area (Å²) in [5, 5.41) is 0. The average Bonchev–Trinajstić information content (AvgIpc) is 2.61. The summed E-state index contributed by atoms with van der Waals surface area (Å²) in [5.41, 5.74) is 1.77. The maximum Gasteiger partial charge on any atom is 0.366 e. The third-order valence-electron chi connectivity index (χ3n) is 2.07. The predicted molar refractivity (Wildman–Crippen MR) is 62.5 cm³/mol. The summed E-state index contributed by atoms with van der Waals surface area (Å²) in [4.78, 5) is 15.2. The van der Waals surface area contributed by atoms with Crippen molar-refractivity contribution in [1.29, 1.82) is 0 Å². The van der Waals surface area contributed by atoms with Crippen LogP contribution in [0.25, 0.3) is 0 Å². The standard InChI is InChI=1S/C11H7Cl2NO2/c1-6-2-4-7(5-3-6)10-14-8(9(12)13)11(15)16-10/h2-5H,1H3. The van der Waals surface area contributed by atoms with Crippen LogP contribution in [0.1, 0.15) is 11.1 Å². The number of cyclic esters (lactones) is 1. The summed E-state index contributed by atoms with van der Waals surface area (Å²) in [6, 6.07) is 7.42. The zero-order chi connectivity index (χ0) is 11.7. The van der Waals surface area contributed by atoms with E-state index < -0.39 is 5.97 Å². The highest BCUT2D eigenvalue weighted by Crippen LogP contribution is 2.23. The predicted octanol–water partition coefficient (Wildman–Crippen LogP) is 2.95. The van der Waals surface area contributed by atoms with E-state index in [2.05, 4.69) is 4.99 Å². The second kappa shape index (κ2) is 4.28. The Morgan fingerprint density at radius 1 is 1.25 bits per heavy atom. The molecule has 1 aliphatic heterocycles. The number of carbonyl (C=O) groups is 1. The quantitative estimate of drug-likeness (QED) is 0.572. The van der Waals surface area contributed by atoms with Crippen LogP contribution >= 0.6 is 23.2 Å². The fraction of sp³-hybridized carbons (Fsp3) is 0.0909. The molecule has 0 atom stereocenters. The number of aryl methyl sites for hydroxylation is 1. The van der Waals surface area contributed by atoms with Crippen LogP contribution in [0.15, 0.2) is 39.4 Å². The zero-order valence-electron chi connectivity index (χ0n) is 8.33. The molecule has 5 heteroatoms. The summed E-state index contributed by atoms with van der Waals surface area (Å²) in [5.74, 6) is -0.408. The molecule has 1 aliphatic rings. The molecule has 1 aromatic rings. The molecule has 0 N–H and O–H groups in total. The Morgan fingerprint density at radius 3 is 2.38 bits per heavy atom. The largest absolute Gasteiger partial charge is 0.402 e. The first-order valence-corrected chi connectivity index (χ1v) is 5.26. The van der Waals surface area contributed by atoms with Gasteiger partial charge in [-0.1, -0.05) is 40.9 Å². The Bertz CT molecular complexity index is 499. The number of rotatable bonds is 1. The van der Waals surface area contributed by atoms with E-state index >= 15 is 0 Å². The van der Waals surface area contributed by atoms with Gasteiger partial charge in [0.1, 0.15) is 4.49 Å². The maximum absolute atomic E-state index is 11.3. The Kier molecular flexibility index (Phi) is 2.99. The first kappa shape index (κ1) is 11.2. The molecule has 82 valence electrons. The third-order valence-corrected chi connectivity index (χ3v) is 2.43. The summed E-state index contributed by atoms with van der Waals surface area (Å²) >= 11 is 11.0. The number of aliphatic imine (C=N–C) groups is 1. The minimum Gasteiger partial charge on any atom is -0.402 e. The number of esters is 1. The molecule has 1 aromatic carbocycles. The molecule has 2 rings (SSSR count). The number of halogens is 2. The van der Waals surface area contributed by atoms with Crippen LogP contribution in [0.4, 0.5) is 0 Å². The van der Waals surface area contributed by atoms with E-state index in [0.717, 1.165) is 5.56 Å². The lowest BCUT2D eigenvalue weighted by molar-refractivity contribution is -0.130. The Balaban J connectivity index is 2.38. The third kappa shape index (κ3) is 2.10. The average molecular weight is 256 g/mol. The van der Waals surface area contributed by atoms with Crippen LogP contribution in [-0.4, -0.2) is 11.9 Å². The van der Waals surface area contributed by atoms with Gasteiger partial charge < -0.3 is 4.74 Å². The molecule has 0 aromatic heterocycles. The van der Waals surface area contributed by atoms with Gasteiger partial charge in [0.25, 0.3) is 0 Å². The number of nitrogens with zero attached hydrogens (tertiary/aromatic N) is 1. The minimum atomic E-state index is -0.629. The van der Waals surface area contributed by atoms with Gasteiger partial charge >= 0.3 is 5.97 Å². The first-order valence-electron chi connectivity index (χ1n) is 4.51. The fourth-order valence-corrected chi connectivity index (χ4v) is 1.48. The Morgan fingerprint density at radius 2 is 1.88 bits per heavy atom. The van der Waals surface area contributed by atoms with Crippen LogP contribution in [0, 0.1) is 6.92 Å². The second-order valence-electron chi connectivity index (χ2n) is 3.28. The molecule has 3 nitrogen and oxygen atoms in total. The fourth-order valence-electron chi connectivity index (χ4n) is 1.25. The van der Waals surface area contributed by atoms with Crippen molar-refractivity contribution in [1.82, 2.24) is 0 Å². The number of benzene rings is 1. The van der Waals surface area contributed by atoms with Crippen LogP contribution in [0.3, 0.4) is 0 Å². The molecule has 0 radical (unpaired) electrons. The van der Waals surface area contributed by atoms with Crippen LogP contribution < -0.4 is 0 Å². The molecule has 0 saturated carbocycles. The lowest BCUT2D eigenvalue weighted by Crippen LogP contribution is -2.05. The molecule has 0 bridgehead atoms. The zero-order valence-corrected chi connectivity index (χ0v) is 9.84. The van der Waals surface area contributed by atoms with E-state index in [-0.39, 0.29) is 16.1 Å². The molecular weight excluding hydrogens is 249 g/mol. The molecular formula is C11H7Cl2NO2. The Hall–Kier alpha value is -1.32.